The average Bonchev–Trinajstić information content (AvgIpc) is 1.81. The highest BCUT2D eigenvalue weighted by molar-refractivity contribution is 6.45. The average molecular weight is 163 g/mol. The maximum absolute atomic E-state index is 9.25. The maximum atomic E-state index is 9.25. The highest BCUT2D eigenvalue weighted by atomic mass is 16.2. The van der Waals surface area contributed by atoms with Crippen LogP contribution in [-0.2, 0) is 0 Å². The minimum absolute atomic E-state index is 0.257. The zero-order chi connectivity index (χ0) is 8.77. The molecule has 1 saturated carbocycles. The second-order valence-electron chi connectivity index (χ2n) is 4.55. The third-order valence-electron chi connectivity index (χ3n) is 3.38. The molecule has 2 radical (unpaired) electrons. The van der Waals surface area contributed by atoms with Crippen molar-refractivity contribution in [1.82, 2.24) is 4.81 Å². The van der Waals surface area contributed by atoms with Crippen molar-refractivity contribution in [1.29, 1.82) is 0 Å². The van der Waals surface area contributed by atoms with Gasteiger partial charge in [-0.3, -0.25) is 0 Å². The van der Waals surface area contributed by atoms with E-state index >= 15 is 0 Å². The molecule has 0 aromatic carbocycles. The molecule has 2 fully saturated rings. The predicted octanol–water partition coefficient (Wildman–Crippen LogP) is 0.396. The van der Waals surface area contributed by atoms with Crippen LogP contribution in [-0.4, -0.2) is 37.8 Å². The van der Waals surface area contributed by atoms with Gasteiger partial charge in [-0.1, -0.05) is 6.32 Å². The molecular formula is C8H15B2NO. The van der Waals surface area contributed by atoms with Crippen molar-refractivity contribution < 1.29 is 5.02 Å². The fourth-order valence-electron chi connectivity index (χ4n) is 2.67. The first-order valence-corrected chi connectivity index (χ1v) is 4.77. The number of nitrogens with zero attached hydrogens (tertiary/aromatic N) is 1. The fraction of sp³-hybridized carbons (Fsp3) is 1.00. The summed E-state index contributed by atoms with van der Waals surface area (Å²) >= 11 is 0. The highest BCUT2D eigenvalue weighted by Crippen LogP contribution is 2.52. The summed E-state index contributed by atoms with van der Waals surface area (Å²) in [6.07, 6.45) is 3.41. The Kier molecular flexibility index (Phi) is 2.00. The van der Waals surface area contributed by atoms with Crippen molar-refractivity contribution in [2.75, 3.05) is 13.1 Å². The van der Waals surface area contributed by atoms with Gasteiger partial charge in [-0.2, -0.15) is 0 Å². The lowest BCUT2D eigenvalue weighted by molar-refractivity contribution is -0.0547. The van der Waals surface area contributed by atoms with Gasteiger partial charge in [-0.25, -0.2) is 0 Å². The van der Waals surface area contributed by atoms with Crippen LogP contribution in [0, 0.1) is 11.3 Å². The van der Waals surface area contributed by atoms with Crippen LogP contribution in [0.25, 0.3) is 0 Å². The van der Waals surface area contributed by atoms with Crippen LogP contribution in [0.1, 0.15) is 12.8 Å². The second kappa shape index (κ2) is 2.78. The monoisotopic (exact) mass is 163 g/mol. The third-order valence-corrected chi connectivity index (χ3v) is 3.38. The van der Waals surface area contributed by atoms with E-state index in [1.807, 2.05) is 6.82 Å². The lowest BCUT2D eigenvalue weighted by atomic mass is 9.53. The lowest BCUT2D eigenvalue weighted by Crippen LogP contribution is -2.65. The molecular weight excluding hydrogens is 148 g/mol. The molecule has 0 atom stereocenters. The van der Waals surface area contributed by atoms with E-state index in [1.165, 1.54) is 12.8 Å². The van der Waals surface area contributed by atoms with E-state index in [0.717, 1.165) is 25.3 Å². The summed E-state index contributed by atoms with van der Waals surface area (Å²) in [5.74, 6) is 0.765. The Morgan fingerprint density at radius 3 is 2.58 bits per heavy atom. The van der Waals surface area contributed by atoms with E-state index in [9.17, 15) is 5.02 Å². The quantitative estimate of drug-likeness (QED) is 0.595. The van der Waals surface area contributed by atoms with Crippen LogP contribution < -0.4 is 0 Å². The molecule has 2 aliphatic rings. The first-order valence-electron chi connectivity index (χ1n) is 4.77. The third kappa shape index (κ3) is 1.21. The minimum atomic E-state index is -0.257. The van der Waals surface area contributed by atoms with Gasteiger partial charge < -0.3 is 9.83 Å². The molecule has 4 heteroatoms. The minimum Gasteiger partial charge on any atom is -0.437 e. The second-order valence-corrected chi connectivity index (χ2v) is 4.55. The van der Waals surface area contributed by atoms with Crippen molar-refractivity contribution >= 4 is 14.9 Å². The summed E-state index contributed by atoms with van der Waals surface area (Å²) in [5.41, 5.74) is 0.557. The van der Waals surface area contributed by atoms with Gasteiger partial charge >= 0.3 is 7.05 Å². The molecule has 1 aliphatic carbocycles. The van der Waals surface area contributed by atoms with E-state index in [-0.39, 0.29) is 7.05 Å². The van der Waals surface area contributed by atoms with Crippen LogP contribution in [0.4, 0.5) is 0 Å². The molecule has 1 aliphatic heterocycles. The smallest absolute Gasteiger partial charge is 0.376 e. The van der Waals surface area contributed by atoms with Gasteiger partial charge in [-0.15, -0.1) is 0 Å². The Morgan fingerprint density at radius 1 is 1.58 bits per heavy atom. The normalized spacial score (nSPS) is 28.2. The Hall–Kier alpha value is 0.0499. The Labute approximate surface area is 75.9 Å². The molecule has 0 aromatic rings. The first kappa shape index (κ1) is 8.64. The van der Waals surface area contributed by atoms with E-state index in [1.54, 1.807) is 0 Å². The Balaban J connectivity index is 1.75. The summed E-state index contributed by atoms with van der Waals surface area (Å²) in [5, 5.41) is 9.25. The van der Waals surface area contributed by atoms with Crippen LogP contribution >= 0.6 is 0 Å². The zero-order valence-corrected chi connectivity index (χ0v) is 7.66. The standard InChI is InChI=1S/C8H15B2NO/c1-10(12)11-5-8(6-11)2-7(3-8)4-9/h7,12H,2-6H2,1H3. The van der Waals surface area contributed by atoms with Gasteiger partial charge in [0.1, 0.15) is 0 Å². The maximum Gasteiger partial charge on any atom is 0.376 e. The number of hydrogen-bond donors (Lipinski definition) is 1. The van der Waals surface area contributed by atoms with Gasteiger partial charge in [-0.05, 0) is 44.1 Å². The zero-order valence-electron chi connectivity index (χ0n) is 7.66. The molecule has 1 N–H and O–H groups in total. The molecule has 1 heterocycles. The molecule has 64 valence electrons. The topological polar surface area (TPSA) is 23.5 Å². The van der Waals surface area contributed by atoms with Crippen LogP contribution in [0.3, 0.4) is 0 Å². The molecule has 0 aromatic heterocycles. The summed E-state index contributed by atoms with van der Waals surface area (Å²) in [7, 11) is 5.31. The molecule has 0 unspecified atom stereocenters. The highest BCUT2D eigenvalue weighted by Gasteiger charge is 2.52. The summed E-state index contributed by atoms with van der Waals surface area (Å²) < 4.78 is 0. The summed E-state index contributed by atoms with van der Waals surface area (Å²) in [6, 6.07) is 0. The van der Waals surface area contributed by atoms with Crippen molar-refractivity contribution in [3.63, 3.8) is 0 Å². The SMILES string of the molecule is [B]CC1CC2(C1)CN(B(C)O)C2. The molecule has 1 spiro atoms. The number of rotatable bonds is 2. The Morgan fingerprint density at radius 2 is 2.17 bits per heavy atom. The molecule has 2 rings (SSSR count). The van der Waals surface area contributed by atoms with E-state index in [0.29, 0.717) is 5.41 Å². The molecule has 0 amide bonds. The van der Waals surface area contributed by atoms with Gasteiger partial charge in [0.05, 0.1) is 7.85 Å². The summed E-state index contributed by atoms with van der Waals surface area (Å²) in [4.78, 5) is 2.12. The van der Waals surface area contributed by atoms with Crippen LogP contribution in [0.2, 0.25) is 13.1 Å². The van der Waals surface area contributed by atoms with Crippen LogP contribution in [0.5, 0.6) is 0 Å². The number of hydrogen-bond acceptors (Lipinski definition) is 2. The fourth-order valence-corrected chi connectivity index (χ4v) is 2.67. The van der Waals surface area contributed by atoms with Crippen molar-refractivity contribution in [3.05, 3.63) is 0 Å². The van der Waals surface area contributed by atoms with Crippen molar-refractivity contribution in [3.8, 4) is 0 Å². The lowest BCUT2D eigenvalue weighted by Gasteiger charge is -2.60. The first-order chi connectivity index (χ1) is 5.65. The van der Waals surface area contributed by atoms with Crippen molar-refractivity contribution in [2.24, 2.45) is 11.3 Å². The molecule has 0 bridgehead atoms. The van der Waals surface area contributed by atoms with Gasteiger partial charge in [0.2, 0.25) is 0 Å². The van der Waals surface area contributed by atoms with Gasteiger partial charge in [0, 0.05) is 0 Å². The van der Waals surface area contributed by atoms with Gasteiger partial charge in [0.15, 0.2) is 0 Å². The molecule has 1 saturated heterocycles. The van der Waals surface area contributed by atoms with E-state index < -0.39 is 0 Å². The Bertz CT molecular complexity index is 172. The van der Waals surface area contributed by atoms with Crippen molar-refractivity contribution in [2.45, 2.75) is 26.0 Å². The van der Waals surface area contributed by atoms with Crippen LogP contribution in [0.15, 0.2) is 0 Å². The molecule has 2 nitrogen and oxygen atoms in total. The van der Waals surface area contributed by atoms with E-state index in [2.05, 4.69) is 4.81 Å². The van der Waals surface area contributed by atoms with Gasteiger partial charge in [0.25, 0.3) is 0 Å². The van der Waals surface area contributed by atoms with E-state index in [4.69, 9.17) is 7.85 Å². The predicted molar refractivity (Wildman–Crippen MR) is 51.1 cm³/mol. The summed E-state index contributed by atoms with van der Waals surface area (Å²) in [6.45, 7) is 4.01. The molecule has 12 heavy (non-hydrogen) atoms. The largest absolute Gasteiger partial charge is 0.437 e.